The molecule has 1 aromatic carbocycles. The van der Waals surface area contributed by atoms with Crippen LogP contribution in [0.4, 0.5) is 0 Å². The highest BCUT2D eigenvalue weighted by molar-refractivity contribution is 5.87. The van der Waals surface area contributed by atoms with E-state index in [4.69, 9.17) is 23.7 Å². The third-order valence-electron chi connectivity index (χ3n) is 5.77. The topological polar surface area (TPSA) is 130 Å². The Labute approximate surface area is 203 Å². The molecule has 1 aliphatic heterocycles. The van der Waals surface area contributed by atoms with Gasteiger partial charge in [-0.25, -0.2) is 0 Å². The summed E-state index contributed by atoms with van der Waals surface area (Å²) in [5.41, 5.74) is -0.166. The number of hydrogen-bond acceptors (Lipinski definition) is 9. The number of fused-ring (bicyclic) bond motifs is 1. The lowest BCUT2D eigenvalue weighted by Gasteiger charge is -2.46. The molecule has 2 aromatic rings. The molecule has 0 aliphatic carbocycles. The number of hydrogen-bond donors (Lipinski definition) is 1. The van der Waals surface area contributed by atoms with Crippen LogP contribution in [-0.2, 0) is 49.3 Å². The summed E-state index contributed by atoms with van der Waals surface area (Å²) in [5, 5.41) is 0.871. The zero-order chi connectivity index (χ0) is 25.6. The Morgan fingerprint density at radius 1 is 0.943 bits per heavy atom. The third kappa shape index (κ3) is 6.00. The molecular formula is C25H31NO9. The molecular weight excluding hydrogens is 458 g/mol. The first-order chi connectivity index (χ1) is 16.7. The van der Waals surface area contributed by atoms with Gasteiger partial charge in [0.05, 0.1) is 13.0 Å². The standard InChI is InChI=1S/C25H31NO9/c1-5-19(27)32-18-14-31-24(25(4,35-21(29)7-3)23(18)33-20(28)6-2)34-22(30)12-15-13-26-17-11-9-8-10-16(15)17/h8-11,13,18,23-24,26H,5-7,12,14H2,1-4H3/t18-,23+,24+,25?/m1/s1. The van der Waals surface area contributed by atoms with E-state index in [0.29, 0.717) is 0 Å². The van der Waals surface area contributed by atoms with Gasteiger partial charge in [-0.15, -0.1) is 0 Å². The van der Waals surface area contributed by atoms with Gasteiger partial charge in [-0.05, 0) is 18.6 Å². The summed E-state index contributed by atoms with van der Waals surface area (Å²) in [5.74, 6) is -2.41. The number of nitrogens with one attached hydrogen (secondary N) is 1. The largest absolute Gasteiger partial charge is 0.456 e. The first-order valence-corrected chi connectivity index (χ1v) is 11.7. The second-order valence-corrected chi connectivity index (χ2v) is 8.35. The van der Waals surface area contributed by atoms with Crippen LogP contribution in [-0.4, -0.2) is 59.6 Å². The van der Waals surface area contributed by atoms with Crippen LogP contribution < -0.4 is 0 Å². The van der Waals surface area contributed by atoms with Crippen molar-refractivity contribution in [3.05, 3.63) is 36.0 Å². The zero-order valence-electron chi connectivity index (χ0n) is 20.3. The molecule has 1 aliphatic rings. The number of H-pyrrole nitrogens is 1. The van der Waals surface area contributed by atoms with Crippen molar-refractivity contribution in [2.75, 3.05) is 6.61 Å². The molecule has 0 amide bonds. The maximum Gasteiger partial charge on any atom is 0.312 e. The predicted octanol–water partition coefficient (Wildman–Crippen LogP) is 2.97. The van der Waals surface area contributed by atoms with Crippen molar-refractivity contribution in [2.24, 2.45) is 0 Å². The van der Waals surface area contributed by atoms with Crippen LogP contribution in [0.5, 0.6) is 0 Å². The van der Waals surface area contributed by atoms with Crippen molar-refractivity contribution < 1.29 is 42.9 Å². The molecule has 1 saturated heterocycles. The summed E-state index contributed by atoms with van der Waals surface area (Å²) in [4.78, 5) is 52.6. The molecule has 2 heterocycles. The number of aromatic amines is 1. The minimum absolute atomic E-state index is 0.0133. The van der Waals surface area contributed by atoms with E-state index in [1.54, 1.807) is 27.0 Å². The molecule has 0 spiro atoms. The fraction of sp³-hybridized carbons (Fsp3) is 0.520. The normalized spacial score (nSPS) is 23.9. The van der Waals surface area contributed by atoms with Gasteiger partial charge in [0.15, 0.2) is 12.2 Å². The lowest BCUT2D eigenvalue weighted by molar-refractivity contribution is -0.309. The van der Waals surface area contributed by atoms with Gasteiger partial charge in [-0.2, -0.15) is 0 Å². The minimum Gasteiger partial charge on any atom is -0.456 e. The van der Waals surface area contributed by atoms with Crippen LogP contribution in [0, 0.1) is 0 Å². The van der Waals surface area contributed by atoms with Crippen LogP contribution >= 0.6 is 0 Å². The molecule has 0 radical (unpaired) electrons. The summed E-state index contributed by atoms with van der Waals surface area (Å²) in [6.45, 7) is 6.02. The summed E-state index contributed by atoms with van der Waals surface area (Å²) < 4.78 is 28.0. The lowest BCUT2D eigenvalue weighted by Crippen LogP contribution is -2.66. The van der Waals surface area contributed by atoms with Crippen LogP contribution in [0.2, 0.25) is 0 Å². The van der Waals surface area contributed by atoms with E-state index in [1.807, 2.05) is 24.3 Å². The summed E-state index contributed by atoms with van der Waals surface area (Å²) in [7, 11) is 0. The van der Waals surface area contributed by atoms with Gasteiger partial charge in [0, 0.05) is 36.4 Å². The highest BCUT2D eigenvalue weighted by Gasteiger charge is 2.58. The van der Waals surface area contributed by atoms with Crippen LogP contribution in [0.25, 0.3) is 10.9 Å². The molecule has 4 atom stereocenters. The molecule has 10 nitrogen and oxygen atoms in total. The molecule has 1 aromatic heterocycles. The fourth-order valence-corrected chi connectivity index (χ4v) is 3.87. The maximum atomic E-state index is 12.9. The number of esters is 4. The lowest BCUT2D eigenvalue weighted by atomic mass is 9.90. The van der Waals surface area contributed by atoms with Crippen molar-refractivity contribution in [2.45, 2.75) is 77.5 Å². The number of carbonyl (C=O) groups excluding carboxylic acids is 4. The van der Waals surface area contributed by atoms with E-state index in [1.165, 1.54) is 6.92 Å². The van der Waals surface area contributed by atoms with Crippen molar-refractivity contribution in [3.63, 3.8) is 0 Å². The average Bonchev–Trinajstić information content (AvgIpc) is 3.25. The van der Waals surface area contributed by atoms with Crippen LogP contribution in [0.1, 0.15) is 52.5 Å². The highest BCUT2D eigenvalue weighted by atomic mass is 16.7. The quantitative estimate of drug-likeness (QED) is 0.417. The molecule has 0 bridgehead atoms. The number of ether oxygens (including phenoxy) is 5. The van der Waals surface area contributed by atoms with Gasteiger partial charge in [0.25, 0.3) is 0 Å². The Morgan fingerprint density at radius 2 is 1.60 bits per heavy atom. The number of carbonyl (C=O) groups is 4. The smallest absolute Gasteiger partial charge is 0.312 e. The van der Waals surface area contributed by atoms with Crippen molar-refractivity contribution in [3.8, 4) is 0 Å². The van der Waals surface area contributed by atoms with E-state index < -0.39 is 48.0 Å². The highest BCUT2D eigenvalue weighted by Crippen LogP contribution is 2.35. The molecule has 35 heavy (non-hydrogen) atoms. The Bertz CT molecular complexity index is 1080. The molecule has 10 heteroatoms. The Balaban J connectivity index is 1.87. The Morgan fingerprint density at radius 3 is 2.29 bits per heavy atom. The number of para-hydroxylation sites is 1. The van der Waals surface area contributed by atoms with E-state index in [0.717, 1.165) is 16.5 Å². The fourth-order valence-electron chi connectivity index (χ4n) is 3.87. The number of rotatable bonds is 9. The van der Waals surface area contributed by atoms with E-state index in [-0.39, 0.29) is 32.3 Å². The van der Waals surface area contributed by atoms with Crippen molar-refractivity contribution in [1.29, 1.82) is 0 Å². The summed E-state index contributed by atoms with van der Waals surface area (Å²) in [6, 6.07) is 7.51. The van der Waals surface area contributed by atoms with E-state index in [2.05, 4.69) is 4.98 Å². The van der Waals surface area contributed by atoms with E-state index in [9.17, 15) is 19.2 Å². The minimum atomic E-state index is -1.76. The zero-order valence-corrected chi connectivity index (χ0v) is 20.3. The monoisotopic (exact) mass is 489 g/mol. The van der Waals surface area contributed by atoms with Gasteiger partial charge in [0.2, 0.25) is 11.9 Å². The van der Waals surface area contributed by atoms with Gasteiger partial charge in [-0.3, -0.25) is 19.2 Å². The van der Waals surface area contributed by atoms with Crippen LogP contribution in [0.3, 0.4) is 0 Å². The third-order valence-corrected chi connectivity index (χ3v) is 5.77. The average molecular weight is 490 g/mol. The van der Waals surface area contributed by atoms with E-state index >= 15 is 0 Å². The van der Waals surface area contributed by atoms with Gasteiger partial charge < -0.3 is 28.7 Å². The second-order valence-electron chi connectivity index (χ2n) is 8.35. The molecule has 190 valence electrons. The summed E-state index contributed by atoms with van der Waals surface area (Å²) >= 11 is 0. The first kappa shape index (κ1) is 26.2. The van der Waals surface area contributed by atoms with Gasteiger partial charge in [-0.1, -0.05) is 39.0 Å². The molecule has 1 fully saturated rings. The molecule has 3 rings (SSSR count). The Hall–Kier alpha value is -3.40. The SMILES string of the molecule is CCC(=O)O[C@@H]1CO[C@@H](OC(=O)Cc2c[nH]c3ccccc23)C(C)(OC(=O)CC)[C@H]1OC(=O)CC. The summed E-state index contributed by atoms with van der Waals surface area (Å²) in [6.07, 6.45) is -1.93. The Kier molecular flexibility index (Phi) is 8.50. The predicted molar refractivity (Wildman–Crippen MR) is 123 cm³/mol. The molecule has 0 saturated carbocycles. The molecule has 1 unspecified atom stereocenters. The second kappa shape index (κ2) is 11.4. The molecule has 1 N–H and O–H groups in total. The van der Waals surface area contributed by atoms with Gasteiger partial charge in [0.1, 0.15) is 0 Å². The number of aromatic nitrogens is 1. The first-order valence-electron chi connectivity index (χ1n) is 11.7. The maximum absolute atomic E-state index is 12.9. The number of benzene rings is 1. The van der Waals surface area contributed by atoms with Crippen molar-refractivity contribution in [1.82, 2.24) is 4.98 Å². The van der Waals surface area contributed by atoms with Crippen LogP contribution in [0.15, 0.2) is 30.5 Å². The van der Waals surface area contributed by atoms with Gasteiger partial charge >= 0.3 is 23.9 Å². The van der Waals surface area contributed by atoms with Crippen molar-refractivity contribution >= 4 is 34.8 Å².